The van der Waals surface area contributed by atoms with Gasteiger partial charge in [0.05, 0.1) is 0 Å². The molecule has 0 aromatic heterocycles. The van der Waals surface area contributed by atoms with E-state index in [9.17, 15) is 0 Å². The second-order valence-corrected chi connectivity index (χ2v) is 0.750. The molecule has 0 amide bonds. The third-order valence-electron chi connectivity index (χ3n) is 0. The second-order valence-electron chi connectivity index (χ2n) is 0.250. The molecule has 0 atom stereocenters. The van der Waals surface area contributed by atoms with Crippen molar-refractivity contribution in [3.05, 3.63) is 0 Å². The molecule has 0 saturated carbocycles. The normalized spacial score (nSPS) is 3.00. The molecule has 0 unspecified atom stereocenters. The van der Waals surface area contributed by atoms with Crippen molar-refractivity contribution in [3.8, 4) is 0 Å². The summed E-state index contributed by atoms with van der Waals surface area (Å²) in [5.41, 5.74) is 0. The summed E-state index contributed by atoms with van der Waals surface area (Å²) in [5.74, 6) is 0. The zero-order valence-electron chi connectivity index (χ0n) is 5.17. The summed E-state index contributed by atoms with van der Waals surface area (Å²) in [7, 11) is -3.63. The number of rotatable bonds is 0. The van der Waals surface area contributed by atoms with E-state index in [1.165, 1.54) is 0 Å². The van der Waals surface area contributed by atoms with Gasteiger partial charge in [0.2, 0.25) is 0 Å². The predicted octanol–water partition coefficient (Wildman–Crippen LogP) is -12.0. The van der Waals surface area contributed by atoms with Gasteiger partial charge in [0.1, 0.15) is 0 Å². The Balaban J connectivity index is -0.00000000750. The quantitative estimate of drug-likeness (QED) is 0.330. The Kier molecular flexibility index (Phi) is 88.3. The molecule has 0 rings (SSSR count). The van der Waals surface area contributed by atoms with Gasteiger partial charge in [-0.05, 0) is 0 Å². The number of hydrogen-bond acceptors (Lipinski definition) is 4. The van der Waals surface area contributed by atoms with Crippen LogP contribution in [0, 0.1) is 0 Å². The van der Waals surface area contributed by atoms with Crippen LogP contribution in [0.1, 0.15) is 0 Å². The minimum atomic E-state index is -3.63. The Hall–Kier alpha value is 2.58. The first-order chi connectivity index (χ1) is 1.73. The van der Waals surface area contributed by atoms with Crippen LogP contribution in [0.25, 0.3) is 0 Å². The Morgan fingerprint density at radius 3 is 1.00 bits per heavy atom. The Bertz CT molecular complexity index is 34.3. The van der Waals surface area contributed by atoms with E-state index in [0.717, 1.165) is 0 Å². The van der Waals surface area contributed by atoms with Crippen LogP contribution in [-0.2, 0) is 4.46 Å². The molecular formula is HNa3O4Si. The van der Waals surface area contributed by atoms with Crippen LogP contribution in [0.3, 0.4) is 0 Å². The van der Waals surface area contributed by atoms with Gasteiger partial charge in [0, 0.05) is 9.17 Å². The molecule has 0 radical (unpaired) electrons. The van der Waals surface area contributed by atoms with Crippen molar-refractivity contribution in [1.29, 1.82) is 0 Å². The number of hydrogen-bond donors (Lipinski definition) is 0. The van der Waals surface area contributed by atoms with Crippen LogP contribution in [-0.4, -0.2) is 14.6 Å². The van der Waals surface area contributed by atoms with Crippen LogP contribution in [0.4, 0.5) is 0 Å². The van der Waals surface area contributed by atoms with Crippen molar-refractivity contribution in [2.45, 2.75) is 0 Å². The molecule has 32 valence electrons. The van der Waals surface area contributed by atoms with Crippen molar-refractivity contribution >= 4 is 9.17 Å². The van der Waals surface area contributed by atoms with E-state index in [0.29, 0.717) is 0 Å². The minimum absolute atomic E-state index is 0. The summed E-state index contributed by atoms with van der Waals surface area (Å²) in [4.78, 5) is 17.0. The summed E-state index contributed by atoms with van der Waals surface area (Å²) in [5, 5.41) is 0. The fraction of sp³-hybridized carbons (Fsp3) is 0. The van der Waals surface area contributed by atoms with Crippen molar-refractivity contribution in [2.24, 2.45) is 0 Å². The van der Waals surface area contributed by atoms with Crippen LogP contribution in [0.5, 0.6) is 0 Å². The Labute approximate surface area is 115 Å². The molecule has 0 bridgehead atoms. The van der Waals surface area contributed by atoms with Crippen molar-refractivity contribution in [3.63, 3.8) is 0 Å². The molecule has 1 N–H and O–H groups in total. The molecule has 8 heavy (non-hydrogen) atoms. The van der Waals surface area contributed by atoms with Gasteiger partial charge in [0.25, 0.3) is 0 Å². The van der Waals surface area contributed by atoms with Crippen LogP contribution < -0.4 is 98.3 Å². The van der Waals surface area contributed by atoms with E-state index in [1.54, 1.807) is 0 Å². The Morgan fingerprint density at radius 2 is 1.00 bits per heavy atom. The van der Waals surface area contributed by atoms with E-state index < -0.39 is 9.17 Å². The van der Waals surface area contributed by atoms with Gasteiger partial charge in [-0.1, -0.05) is 0 Å². The Morgan fingerprint density at radius 1 is 1.00 bits per heavy atom. The standard InChI is InChI=1S/3Na.O3Si.H2O/c;;;1-4(2)3;/h;;;;1H2/q3*+1;-2;/p-1. The SMILES string of the molecule is O=[Si]([O-])[O-].[Na+].[Na+].[Na+].[OH-]. The molecule has 0 saturated heterocycles. The maximum absolute atomic E-state index is 8.52. The zero-order valence-corrected chi connectivity index (χ0v) is 12.2. The van der Waals surface area contributed by atoms with Crippen molar-refractivity contribution < 1.29 is 108 Å². The average Bonchev–Trinajstić information content (AvgIpc) is 0.811. The predicted molar refractivity (Wildman–Crippen MR) is 8.38 cm³/mol. The van der Waals surface area contributed by atoms with Gasteiger partial charge in [-0.2, -0.15) is 0 Å². The minimum Gasteiger partial charge on any atom is -0.870 e. The molecular weight excluding hydrogens is 161 g/mol. The summed E-state index contributed by atoms with van der Waals surface area (Å²) < 4.78 is 8.52. The second kappa shape index (κ2) is 22.7. The van der Waals surface area contributed by atoms with Gasteiger partial charge < -0.3 is 19.5 Å². The monoisotopic (exact) mass is 162 g/mol. The van der Waals surface area contributed by atoms with Gasteiger partial charge in [-0.15, -0.1) is 0 Å². The first-order valence-corrected chi connectivity index (χ1v) is 1.84. The first kappa shape index (κ1) is 31.2. The maximum Gasteiger partial charge on any atom is 1.00 e. The van der Waals surface area contributed by atoms with E-state index in [4.69, 9.17) is 14.1 Å². The largest absolute Gasteiger partial charge is 1.00 e. The molecule has 0 fully saturated rings. The summed E-state index contributed by atoms with van der Waals surface area (Å²) in [6, 6.07) is 0. The van der Waals surface area contributed by atoms with Crippen LogP contribution in [0.2, 0.25) is 0 Å². The van der Waals surface area contributed by atoms with E-state index in [1.807, 2.05) is 0 Å². The fourth-order valence-corrected chi connectivity index (χ4v) is 0. The smallest absolute Gasteiger partial charge is 0.870 e. The molecule has 0 aromatic carbocycles. The molecule has 0 aliphatic rings. The topological polar surface area (TPSA) is 93.2 Å². The molecule has 0 aliphatic heterocycles. The van der Waals surface area contributed by atoms with Crippen LogP contribution >= 0.6 is 0 Å². The van der Waals surface area contributed by atoms with E-state index >= 15 is 0 Å². The summed E-state index contributed by atoms with van der Waals surface area (Å²) >= 11 is 0. The fourth-order valence-electron chi connectivity index (χ4n) is 0. The summed E-state index contributed by atoms with van der Waals surface area (Å²) in [6.45, 7) is 0. The molecule has 0 aliphatic carbocycles. The van der Waals surface area contributed by atoms with E-state index in [-0.39, 0.29) is 94.1 Å². The van der Waals surface area contributed by atoms with E-state index in [2.05, 4.69) is 0 Å². The van der Waals surface area contributed by atoms with Crippen molar-refractivity contribution in [1.82, 2.24) is 0 Å². The zero-order chi connectivity index (χ0) is 3.58. The molecule has 0 aromatic rings. The third kappa shape index (κ3) is 74.2. The first-order valence-electron chi connectivity index (χ1n) is 0.612. The van der Waals surface area contributed by atoms with Gasteiger partial charge in [-0.3, -0.25) is 0 Å². The molecule has 4 nitrogen and oxygen atoms in total. The molecule has 0 heterocycles. The van der Waals surface area contributed by atoms with Gasteiger partial charge in [0.15, 0.2) is 0 Å². The van der Waals surface area contributed by atoms with Crippen LogP contribution in [0.15, 0.2) is 0 Å². The van der Waals surface area contributed by atoms with Gasteiger partial charge >= 0.3 is 88.7 Å². The maximum atomic E-state index is 8.52. The summed E-state index contributed by atoms with van der Waals surface area (Å²) in [6.07, 6.45) is 0. The third-order valence-corrected chi connectivity index (χ3v) is 0. The van der Waals surface area contributed by atoms with Crippen molar-refractivity contribution in [2.75, 3.05) is 0 Å². The average molecular weight is 162 g/mol. The molecule has 0 spiro atoms. The van der Waals surface area contributed by atoms with Gasteiger partial charge in [-0.25, -0.2) is 0 Å². The molecule has 8 heteroatoms.